The average molecular weight is 450 g/mol. The van der Waals surface area contributed by atoms with Crippen LogP contribution in [0, 0.1) is 12.7 Å². The summed E-state index contributed by atoms with van der Waals surface area (Å²) in [4.78, 5) is 4.22. The molecular weight excluding hydrogens is 437 g/mol. The Labute approximate surface area is 175 Å². The minimum atomic E-state index is -3.81. The lowest BCUT2D eigenvalue weighted by Gasteiger charge is -2.07. The number of nitrogens with one attached hydrogen (secondary N) is 1. The van der Waals surface area contributed by atoms with Crippen molar-refractivity contribution in [2.24, 2.45) is 0 Å². The Hall–Kier alpha value is -2.75. The van der Waals surface area contributed by atoms with Crippen molar-refractivity contribution in [3.05, 3.63) is 70.3 Å². The Morgan fingerprint density at radius 1 is 1.14 bits per heavy atom. The molecule has 4 rings (SSSR count). The van der Waals surface area contributed by atoms with Crippen LogP contribution in [0.1, 0.15) is 5.56 Å². The van der Waals surface area contributed by atoms with E-state index >= 15 is 0 Å². The third kappa shape index (κ3) is 4.16. The molecular formula is C19H13ClFN3O3S2. The van der Waals surface area contributed by atoms with Gasteiger partial charge in [0.15, 0.2) is 0 Å². The number of aryl methyl sites for hydroxylation is 1. The Balaban J connectivity index is 1.58. The Morgan fingerprint density at radius 3 is 2.72 bits per heavy atom. The molecule has 0 radical (unpaired) electrons. The Morgan fingerprint density at radius 2 is 1.97 bits per heavy atom. The maximum Gasteiger partial charge on any atom is 0.271 e. The molecule has 6 nitrogen and oxygen atoms in total. The fourth-order valence-corrected chi connectivity index (χ4v) is 4.90. The van der Waals surface area contributed by atoms with Gasteiger partial charge in [0.2, 0.25) is 5.82 Å². The molecule has 0 fully saturated rings. The van der Waals surface area contributed by atoms with Crippen LogP contribution in [-0.2, 0) is 10.0 Å². The molecule has 2 heterocycles. The Bertz CT molecular complexity index is 1300. The number of hydrogen-bond acceptors (Lipinski definition) is 6. The zero-order valence-corrected chi connectivity index (χ0v) is 17.3. The van der Waals surface area contributed by atoms with Crippen LogP contribution in [0.5, 0.6) is 0 Å². The highest BCUT2D eigenvalue weighted by molar-refractivity contribution is 7.94. The third-order valence-electron chi connectivity index (χ3n) is 4.02. The number of benzene rings is 2. The van der Waals surface area contributed by atoms with Crippen molar-refractivity contribution in [1.29, 1.82) is 0 Å². The average Bonchev–Trinajstić information content (AvgIpc) is 3.34. The van der Waals surface area contributed by atoms with Crippen LogP contribution in [-0.4, -0.2) is 18.6 Å². The molecule has 0 saturated carbocycles. The predicted octanol–water partition coefficient (Wildman–Crippen LogP) is 5.37. The van der Waals surface area contributed by atoms with Crippen LogP contribution in [0.15, 0.2) is 62.6 Å². The second kappa shape index (κ2) is 7.58. The largest absolute Gasteiger partial charge is 0.334 e. The molecule has 29 heavy (non-hydrogen) atoms. The van der Waals surface area contributed by atoms with Crippen LogP contribution in [0.2, 0.25) is 5.02 Å². The van der Waals surface area contributed by atoms with E-state index in [1.54, 1.807) is 35.7 Å². The van der Waals surface area contributed by atoms with Crippen LogP contribution >= 0.6 is 22.9 Å². The van der Waals surface area contributed by atoms with Crippen molar-refractivity contribution in [3.8, 4) is 22.8 Å². The van der Waals surface area contributed by atoms with E-state index in [1.807, 2.05) is 6.92 Å². The van der Waals surface area contributed by atoms with Gasteiger partial charge in [-0.15, -0.1) is 11.3 Å². The normalized spacial score (nSPS) is 11.6. The van der Waals surface area contributed by atoms with E-state index in [0.29, 0.717) is 21.8 Å². The van der Waals surface area contributed by atoms with Crippen LogP contribution in [0.3, 0.4) is 0 Å². The molecule has 0 amide bonds. The molecule has 0 aliphatic carbocycles. The first-order valence-electron chi connectivity index (χ1n) is 8.29. The number of hydrogen-bond donors (Lipinski definition) is 1. The standard InChI is InChI=1S/C19H13ClFN3O3S2/c1-11-5-6-15(9-16(11)20)24-29(25,26)17-8-13(10-28-17)19-22-18(23-27-19)12-3-2-4-14(21)7-12/h2-10,24H,1H3. The van der Waals surface area contributed by atoms with Crippen LogP contribution < -0.4 is 4.72 Å². The molecule has 0 saturated heterocycles. The van der Waals surface area contributed by atoms with Gasteiger partial charge in [0, 0.05) is 16.0 Å². The summed E-state index contributed by atoms with van der Waals surface area (Å²) in [6, 6.07) is 12.1. The molecule has 0 aliphatic heterocycles. The number of rotatable bonds is 5. The number of nitrogens with zero attached hydrogens (tertiary/aromatic N) is 2. The van der Waals surface area contributed by atoms with Gasteiger partial charge in [0.05, 0.1) is 11.3 Å². The molecule has 1 N–H and O–H groups in total. The summed E-state index contributed by atoms with van der Waals surface area (Å²) in [5.41, 5.74) is 2.12. The molecule has 0 bridgehead atoms. The van der Waals surface area contributed by atoms with Gasteiger partial charge >= 0.3 is 0 Å². The third-order valence-corrected chi connectivity index (χ3v) is 7.25. The van der Waals surface area contributed by atoms with Gasteiger partial charge < -0.3 is 4.52 Å². The quantitative estimate of drug-likeness (QED) is 0.443. The van der Waals surface area contributed by atoms with Gasteiger partial charge in [-0.1, -0.05) is 35.0 Å². The summed E-state index contributed by atoms with van der Waals surface area (Å²) in [6.07, 6.45) is 0. The van der Waals surface area contributed by atoms with Crippen molar-refractivity contribution >= 4 is 38.6 Å². The van der Waals surface area contributed by atoms with E-state index in [4.69, 9.17) is 16.1 Å². The van der Waals surface area contributed by atoms with E-state index in [1.165, 1.54) is 18.2 Å². The topological polar surface area (TPSA) is 85.1 Å². The second-order valence-corrected chi connectivity index (χ2v) is 9.39. The van der Waals surface area contributed by atoms with Gasteiger partial charge in [-0.25, -0.2) is 12.8 Å². The van der Waals surface area contributed by atoms with Gasteiger partial charge in [0.25, 0.3) is 15.9 Å². The molecule has 0 spiro atoms. The van der Waals surface area contributed by atoms with Crippen LogP contribution in [0.25, 0.3) is 22.8 Å². The second-order valence-electron chi connectivity index (χ2n) is 6.16. The molecule has 2 aromatic heterocycles. The highest BCUT2D eigenvalue weighted by Gasteiger charge is 2.20. The number of anilines is 1. The van der Waals surface area contributed by atoms with Gasteiger partial charge in [-0.05, 0) is 42.8 Å². The minimum Gasteiger partial charge on any atom is -0.334 e. The fourth-order valence-electron chi connectivity index (χ4n) is 2.52. The lowest BCUT2D eigenvalue weighted by molar-refractivity contribution is 0.432. The van der Waals surface area contributed by atoms with Crippen molar-refractivity contribution in [3.63, 3.8) is 0 Å². The van der Waals surface area contributed by atoms with Gasteiger partial charge in [0.1, 0.15) is 10.0 Å². The predicted molar refractivity (Wildman–Crippen MR) is 110 cm³/mol. The van der Waals surface area contributed by atoms with Crippen molar-refractivity contribution in [1.82, 2.24) is 10.1 Å². The molecule has 0 aliphatic rings. The number of halogens is 2. The van der Waals surface area contributed by atoms with E-state index in [-0.39, 0.29) is 15.9 Å². The van der Waals surface area contributed by atoms with Crippen molar-refractivity contribution in [2.45, 2.75) is 11.1 Å². The number of thiophene rings is 1. The SMILES string of the molecule is Cc1ccc(NS(=O)(=O)c2cc(-c3nc(-c4cccc(F)c4)no3)cs2)cc1Cl. The molecule has 4 aromatic rings. The monoisotopic (exact) mass is 449 g/mol. The fraction of sp³-hybridized carbons (Fsp3) is 0.0526. The lowest BCUT2D eigenvalue weighted by atomic mass is 10.2. The molecule has 148 valence electrons. The summed E-state index contributed by atoms with van der Waals surface area (Å²) in [5.74, 6) is -0.0667. The highest BCUT2D eigenvalue weighted by atomic mass is 35.5. The highest BCUT2D eigenvalue weighted by Crippen LogP contribution is 2.31. The summed E-state index contributed by atoms with van der Waals surface area (Å²) in [7, 11) is -3.81. The number of sulfonamides is 1. The van der Waals surface area contributed by atoms with E-state index < -0.39 is 15.8 Å². The van der Waals surface area contributed by atoms with E-state index in [0.717, 1.165) is 16.9 Å². The molecule has 0 unspecified atom stereocenters. The van der Waals surface area contributed by atoms with E-state index in [2.05, 4.69) is 14.9 Å². The first-order valence-corrected chi connectivity index (χ1v) is 11.0. The maximum atomic E-state index is 13.4. The number of aromatic nitrogens is 2. The van der Waals surface area contributed by atoms with Crippen molar-refractivity contribution in [2.75, 3.05) is 4.72 Å². The van der Waals surface area contributed by atoms with Crippen LogP contribution in [0.4, 0.5) is 10.1 Å². The molecule has 10 heteroatoms. The molecule has 0 atom stereocenters. The van der Waals surface area contributed by atoms with Gasteiger partial charge in [-0.3, -0.25) is 4.72 Å². The summed E-state index contributed by atoms with van der Waals surface area (Å²) in [6.45, 7) is 1.83. The first-order chi connectivity index (χ1) is 13.8. The zero-order valence-electron chi connectivity index (χ0n) is 14.9. The Kier molecular flexibility index (Phi) is 5.12. The maximum absolute atomic E-state index is 13.4. The summed E-state index contributed by atoms with van der Waals surface area (Å²) < 4.78 is 46.5. The summed E-state index contributed by atoms with van der Waals surface area (Å²) >= 11 is 7.07. The smallest absolute Gasteiger partial charge is 0.271 e. The lowest BCUT2D eigenvalue weighted by Crippen LogP contribution is -2.11. The molecule has 2 aromatic carbocycles. The van der Waals surface area contributed by atoms with Crippen molar-refractivity contribution < 1.29 is 17.3 Å². The summed E-state index contributed by atoms with van der Waals surface area (Å²) in [5, 5.41) is 5.90. The zero-order chi connectivity index (χ0) is 20.6. The van der Waals surface area contributed by atoms with Gasteiger partial charge in [-0.2, -0.15) is 4.98 Å². The first kappa shape index (κ1) is 19.6. The minimum absolute atomic E-state index is 0.0784. The van der Waals surface area contributed by atoms with E-state index in [9.17, 15) is 12.8 Å².